The third kappa shape index (κ3) is 5.78. The molecule has 0 unspecified atom stereocenters. The molecule has 1 amide bonds. The smallest absolute Gasteiger partial charge is 0.282 e. The number of benzene rings is 3. The number of hydrogen-bond donors (Lipinski definition) is 2. The van der Waals surface area contributed by atoms with Crippen LogP contribution in [0.5, 0.6) is 11.5 Å². The number of ether oxygens (including phenoxy) is 2. The molecule has 9 nitrogen and oxygen atoms in total. The second kappa shape index (κ2) is 10.5. The van der Waals surface area contributed by atoms with E-state index < -0.39 is 10.8 Å². The maximum atomic E-state index is 12.8. The van der Waals surface area contributed by atoms with E-state index in [2.05, 4.69) is 15.8 Å². The van der Waals surface area contributed by atoms with Crippen LogP contribution >= 0.6 is 11.6 Å². The van der Waals surface area contributed by atoms with Crippen LogP contribution in [-0.2, 0) is 0 Å². The van der Waals surface area contributed by atoms with Gasteiger partial charge in [0.05, 0.1) is 48.2 Å². The maximum Gasteiger partial charge on any atom is 0.282 e. The lowest BCUT2D eigenvalue weighted by molar-refractivity contribution is -0.385. The van der Waals surface area contributed by atoms with E-state index in [9.17, 15) is 14.9 Å². The van der Waals surface area contributed by atoms with Crippen molar-refractivity contribution < 1.29 is 19.2 Å². The standard InChI is InChI=1S/C23H21ClN4O5/c1-14-5-4-6-17(9-14)26-19-11-16(24)7-8-18(19)23(29)27-25-13-15-10-21(32-2)22(33-3)12-20(15)28(30)31/h4-13,26H,1-3H3,(H,27,29)/b25-13+. The maximum absolute atomic E-state index is 12.8. The predicted octanol–water partition coefficient (Wildman–Crippen LogP) is 5.08. The van der Waals surface area contributed by atoms with E-state index in [0.29, 0.717) is 22.0 Å². The van der Waals surface area contributed by atoms with Gasteiger partial charge in [0.1, 0.15) is 0 Å². The molecule has 0 aliphatic rings. The second-order valence-corrected chi connectivity index (χ2v) is 7.34. The van der Waals surface area contributed by atoms with Gasteiger partial charge < -0.3 is 14.8 Å². The molecule has 0 spiro atoms. The number of hydrogen-bond acceptors (Lipinski definition) is 7. The quantitative estimate of drug-likeness (QED) is 0.270. The molecule has 0 aliphatic carbocycles. The lowest BCUT2D eigenvalue weighted by Crippen LogP contribution is -2.19. The number of nitrogens with zero attached hydrogens (tertiary/aromatic N) is 2. The average molecular weight is 469 g/mol. The third-order valence-corrected chi connectivity index (χ3v) is 4.86. The first kappa shape index (κ1) is 23.6. The molecule has 0 bridgehead atoms. The number of aryl methyl sites for hydroxylation is 1. The van der Waals surface area contributed by atoms with Gasteiger partial charge in [-0.1, -0.05) is 23.7 Å². The highest BCUT2D eigenvalue weighted by Gasteiger charge is 2.19. The number of carbonyl (C=O) groups excluding carboxylic acids is 1. The van der Waals surface area contributed by atoms with Gasteiger partial charge in [-0.05, 0) is 48.9 Å². The van der Waals surface area contributed by atoms with Crippen LogP contribution in [0.25, 0.3) is 0 Å². The summed E-state index contributed by atoms with van der Waals surface area (Å²) in [6.45, 7) is 1.96. The van der Waals surface area contributed by atoms with E-state index in [1.807, 2.05) is 31.2 Å². The Balaban J connectivity index is 1.85. The zero-order valence-corrected chi connectivity index (χ0v) is 18.8. The summed E-state index contributed by atoms with van der Waals surface area (Å²) in [4.78, 5) is 23.6. The summed E-state index contributed by atoms with van der Waals surface area (Å²) >= 11 is 6.12. The van der Waals surface area contributed by atoms with E-state index in [4.69, 9.17) is 21.1 Å². The summed E-state index contributed by atoms with van der Waals surface area (Å²) in [7, 11) is 2.79. The highest BCUT2D eigenvalue weighted by molar-refractivity contribution is 6.31. The van der Waals surface area contributed by atoms with Crippen LogP contribution in [0.2, 0.25) is 5.02 Å². The third-order valence-electron chi connectivity index (χ3n) is 4.62. The lowest BCUT2D eigenvalue weighted by atomic mass is 10.1. The van der Waals surface area contributed by atoms with Crippen molar-refractivity contribution in [2.75, 3.05) is 19.5 Å². The van der Waals surface area contributed by atoms with Crippen LogP contribution in [-0.4, -0.2) is 31.3 Å². The number of nitro groups is 1. The molecule has 2 N–H and O–H groups in total. The van der Waals surface area contributed by atoms with Gasteiger partial charge in [0.25, 0.3) is 11.6 Å². The Morgan fingerprint density at radius 2 is 1.82 bits per heavy atom. The number of amides is 1. The highest BCUT2D eigenvalue weighted by atomic mass is 35.5. The van der Waals surface area contributed by atoms with Crippen LogP contribution in [0.4, 0.5) is 17.1 Å². The minimum atomic E-state index is -0.575. The Bertz CT molecular complexity index is 1230. The molecule has 3 rings (SSSR count). The summed E-state index contributed by atoms with van der Waals surface area (Å²) in [6.07, 6.45) is 1.17. The fraction of sp³-hybridized carbons (Fsp3) is 0.130. The van der Waals surface area contributed by atoms with Gasteiger partial charge >= 0.3 is 0 Å². The Kier molecular flexibility index (Phi) is 7.47. The summed E-state index contributed by atoms with van der Waals surface area (Å²) < 4.78 is 10.3. The summed E-state index contributed by atoms with van der Waals surface area (Å²) in [5.74, 6) is -0.0298. The SMILES string of the molecule is COc1cc(/C=N/NC(=O)c2ccc(Cl)cc2Nc2cccc(C)c2)c([N+](=O)[O-])cc1OC. The van der Waals surface area contributed by atoms with Crippen molar-refractivity contribution in [3.05, 3.63) is 86.4 Å². The van der Waals surface area contributed by atoms with Crippen molar-refractivity contribution in [3.63, 3.8) is 0 Å². The molecule has 0 saturated heterocycles. The van der Waals surface area contributed by atoms with Gasteiger partial charge in [0, 0.05) is 10.7 Å². The summed E-state index contributed by atoms with van der Waals surface area (Å²) in [5, 5.41) is 18.9. The highest BCUT2D eigenvalue weighted by Crippen LogP contribution is 2.33. The molecule has 3 aromatic carbocycles. The molecule has 0 atom stereocenters. The van der Waals surface area contributed by atoms with Gasteiger partial charge in [-0.3, -0.25) is 14.9 Å². The van der Waals surface area contributed by atoms with Crippen molar-refractivity contribution in [2.24, 2.45) is 5.10 Å². The molecule has 0 saturated carbocycles. The van der Waals surface area contributed by atoms with Crippen LogP contribution in [0.3, 0.4) is 0 Å². The zero-order chi connectivity index (χ0) is 24.0. The molecule has 0 radical (unpaired) electrons. The first-order valence-corrected chi connectivity index (χ1v) is 10.1. The normalized spacial score (nSPS) is 10.7. The number of nitrogens with one attached hydrogen (secondary N) is 2. The Hall–Kier alpha value is -4.11. The fourth-order valence-corrected chi connectivity index (χ4v) is 3.23. The number of halogens is 1. The molecule has 10 heteroatoms. The average Bonchev–Trinajstić information content (AvgIpc) is 2.78. The molecule has 0 aromatic heterocycles. The van der Waals surface area contributed by atoms with Crippen molar-refractivity contribution in [1.29, 1.82) is 0 Å². The molecule has 3 aromatic rings. The predicted molar refractivity (Wildman–Crippen MR) is 127 cm³/mol. The Morgan fingerprint density at radius 3 is 2.48 bits per heavy atom. The molecule has 0 aliphatic heterocycles. The van der Waals surface area contributed by atoms with Gasteiger partial charge in [0.15, 0.2) is 11.5 Å². The first-order chi connectivity index (χ1) is 15.8. The molecule has 33 heavy (non-hydrogen) atoms. The van der Waals surface area contributed by atoms with E-state index in [0.717, 1.165) is 11.3 Å². The number of methoxy groups -OCH3 is 2. The van der Waals surface area contributed by atoms with E-state index in [1.165, 1.54) is 32.6 Å². The molecule has 0 heterocycles. The summed E-state index contributed by atoms with van der Waals surface area (Å²) in [5.41, 5.74) is 4.88. The van der Waals surface area contributed by atoms with Crippen LogP contribution < -0.4 is 20.2 Å². The van der Waals surface area contributed by atoms with Crippen molar-refractivity contribution in [2.45, 2.75) is 6.92 Å². The van der Waals surface area contributed by atoms with E-state index in [-0.39, 0.29) is 17.0 Å². The number of hydrazone groups is 1. The van der Waals surface area contributed by atoms with Gasteiger partial charge in [-0.2, -0.15) is 5.10 Å². The minimum Gasteiger partial charge on any atom is -0.493 e. The molecular formula is C23H21ClN4O5. The number of nitro benzene ring substituents is 1. The Morgan fingerprint density at radius 1 is 1.09 bits per heavy atom. The Labute approximate surface area is 195 Å². The van der Waals surface area contributed by atoms with Gasteiger partial charge in [0.2, 0.25) is 0 Å². The fourth-order valence-electron chi connectivity index (χ4n) is 3.06. The largest absolute Gasteiger partial charge is 0.493 e. The van der Waals surface area contributed by atoms with Crippen LogP contribution in [0.15, 0.2) is 59.7 Å². The van der Waals surface area contributed by atoms with E-state index in [1.54, 1.807) is 18.2 Å². The monoisotopic (exact) mass is 468 g/mol. The molecular weight excluding hydrogens is 448 g/mol. The van der Waals surface area contributed by atoms with Crippen molar-refractivity contribution in [3.8, 4) is 11.5 Å². The first-order valence-electron chi connectivity index (χ1n) is 9.69. The topological polar surface area (TPSA) is 115 Å². The minimum absolute atomic E-state index is 0.132. The van der Waals surface area contributed by atoms with Crippen molar-refractivity contribution in [1.82, 2.24) is 5.43 Å². The number of rotatable bonds is 8. The van der Waals surface area contributed by atoms with Gasteiger partial charge in [-0.25, -0.2) is 5.43 Å². The number of carbonyl (C=O) groups is 1. The molecule has 170 valence electrons. The zero-order valence-electron chi connectivity index (χ0n) is 18.1. The molecule has 0 fully saturated rings. The van der Waals surface area contributed by atoms with Crippen LogP contribution in [0, 0.1) is 17.0 Å². The van der Waals surface area contributed by atoms with Crippen molar-refractivity contribution >= 4 is 40.8 Å². The van der Waals surface area contributed by atoms with E-state index >= 15 is 0 Å². The summed E-state index contributed by atoms with van der Waals surface area (Å²) in [6, 6.07) is 15.0. The lowest BCUT2D eigenvalue weighted by Gasteiger charge is -2.12. The second-order valence-electron chi connectivity index (χ2n) is 6.91. The van der Waals surface area contributed by atoms with Gasteiger partial charge in [-0.15, -0.1) is 0 Å². The van der Waals surface area contributed by atoms with Crippen LogP contribution in [0.1, 0.15) is 21.5 Å². The number of anilines is 2.